The van der Waals surface area contributed by atoms with E-state index in [1.807, 2.05) is 0 Å². The van der Waals surface area contributed by atoms with Crippen LogP contribution >= 0.6 is 0 Å². The SMILES string of the molecule is Cc1ccc2c(c1)c1ccc(-c3ccc4c(c3)c3ccccc3n4-c3ccccc3)cc1n2-c1ccc(-c2c3ccccc3c(-c3ccccc3)c3ccccc23)cc1. The summed E-state index contributed by atoms with van der Waals surface area (Å²) in [6.45, 7) is 2.19. The lowest BCUT2D eigenvalue weighted by atomic mass is 9.86. The van der Waals surface area contributed by atoms with Crippen LogP contribution in [0, 0.1) is 6.92 Å². The van der Waals surface area contributed by atoms with Gasteiger partial charge in [0.2, 0.25) is 0 Å². The molecule has 0 fully saturated rings. The third-order valence-electron chi connectivity index (χ3n) is 12.4. The molecule has 2 heteroatoms. The molecule has 59 heavy (non-hydrogen) atoms. The molecule has 0 N–H and O–H groups in total. The summed E-state index contributed by atoms with van der Waals surface area (Å²) in [7, 11) is 0. The van der Waals surface area contributed by atoms with Crippen molar-refractivity contribution < 1.29 is 0 Å². The molecule has 12 rings (SSSR count). The van der Waals surface area contributed by atoms with E-state index < -0.39 is 0 Å². The van der Waals surface area contributed by atoms with E-state index in [0.29, 0.717) is 0 Å². The van der Waals surface area contributed by atoms with Gasteiger partial charge in [0.15, 0.2) is 0 Å². The molecule has 0 atom stereocenters. The predicted octanol–water partition coefficient (Wildman–Crippen LogP) is 15.5. The Morgan fingerprint density at radius 2 is 0.678 bits per heavy atom. The van der Waals surface area contributed by atoms with Crippen LogP contribution in [0.1, 0.15) is 5.56 Å². The van der Waals surface area contributed by atoms with E-state index in [2.05, 4.69) is 228 Å². The van der Waals surface area contributed by atoms with E-state index in [9.17, 15) is 0 Å². The van der Waals surface area contributed by atoms with E-state index in [1.54, 1.807) is 0 Å². The molecule has 0 spiro atoms. The Morgan fingerprint density at radius 3 is 1.34 bits per heavy atom. The van der Waals surface area contributed by atoms with Crippen LogP contribution in [0.2, 0.25) is 0 Å². The first-order valence-corrected chi connectivity index (χ1v) is 20.4. The maximum absolute atomic E-state index is 2.45. The Hall–Kier alpha value is -7.68. The van der Waals surface area contributed by atoms with Gasteiger partial charge in [0.05, 0.1) is 22.1 Å². The number of hydrogen-bond acceptors (Lipinski definition) is 0. The van der Waals surface area contributed by atoms with Gasteiger partial charge >= 0.3 is 0 Å². The highest BCUT2D eigenvalue weighted by Gasteiger charge is 2.19. The van der Waals surface area contributed by atoms with Crippen LogP contribution in [0.15, 0.2) is 212 Å². The minimum Gasteiger partial charge on any atom is -0.309 e. The molecule has 12 aromatic rings. The number of para-hydroxylation sites is 2. The zero-order chi connectivity index (χ0) is 39.0. The minimum atomic E-state index is 1.14. The van der Waals surface area contributed by atoms with Crippen molar-refractivity contribution in [2.75, 3.05) is 0 Å². The van der Waals surface area contributed by atoms with Gasteiger partial charge in [-0.05, 0) is 123 Å². The highest BCUT2D eigenvalue weighted by atomic mass is 15.0. The van der Waals surface area contributed by atoms with Gasteiger partial charge < -0.3 is 9.13 Å². The van der Waals surface area contributed by atoms with Crippen molar-refractivity contribution >= 4 is 65.2 Å². The molecule has 0 bridgehead atoms. The number of benzene rings is 10. The van der Waals surface area contributed by atoms with Crippen LogP contribution in [0.25, 0.3) is 110 Å². The van der Waals surface area contributed by atoms with Crippen molar-refractivity contribution in [3.05, 3.63) is 218 Å². The summed E-state index contributed by atoms with van der Waals surface area (Å²) in [5, 5.41) is 10.1. The Bertz CT molecular complexity index is 3530. The number of nitrogens with zero attached hydrogens (tertiary/aromatic N) is 2. The van der Waals surface area contributed by atoms with E-state index in [-0.39, 0.29) is 0 Å². The highest BCUT2D eigenvalue weighted by molar-refractivity contribution is 6.21. The van der Waals surface area contributed by atoms with Gasteiger partial charge in [-0.3, -0.25) is 0 Å². The van der Waals surface area contributed by atoms with Gasteiger partial charge in [-0.1, -0.05) is 157 Å². The van der Waals surface area contributed by atoms with Crippen molar-refractivity contribution in [2.45, 2.75) is 6.92 Å². The van der Waals surface area contributed by atoms with Crippen molar-refractivity contribution in [3.63, 3.8) is 0 Å². The molecule has 0 aliphatic carbocycles. The molecule has 2 aromatic heterocycles. The molecule has 10 aromatic carbocycles. The minimum absolute atomic E-state index is 1.14. The third-order valence-corrected chi connectivity index (χ3v) is 12.4. The molecule has 0 aliphatic heterocycles. The van der Waals surface area contributed by atoms with Crippen molar-refractivity contribution in [2.24, 2.45) is 0 Å². The van der Waals surface area contributed by atoms with Crippen molar-refractivity contribution in [1.29, 1.82) is 0 Å². The Balaban J connectivity index is 1.03. The molecule has 0 unspecified atom stereocenters. The molecular formula is C57H38N2. The lowest BCUT2D eigenvalue weighted by Crippen LogP contribution is -1.95. The first-order chi connectivity index (χ1) is 29.2. The van der Waals surface area contributed by atoms with E-state index in [0.717, 1.165) is 5.69 Å². The first kappa shape index (κ1) is 33.5. The molecule has 0 saturated heterocycles. The average molecular weight is 751 g/mol. The van der Waals surface area contributed by atoms with Gasteiger partial charge in [0, 0.05) is 32.9 Å². The van der Waals surface area contributed by atoms with Crippen LogP contribution in [-0.4, -0.2) is 9.13 Å². The molecule has 0 amide bonds. The van der Waals surface area contributed by atoms with Crippen LogP contribution in [0.5, 0.6) is 0 Å². The number of aryl methyl sites for hydroxylation is 1. The van der Waals surface area contributed by atoms with Crippen LogP contribution < -0.4 is 0 Å². The zero-order valence-corrected chi connectivity index (χ0v) is 32.6. The standard InChI is InChI=1S/C57H38N2/c1-37-24-32-53-50(34-37)45-31-27-41(40-28-33-54-51(35-40)44-18-12-13-23-52(44)58(54)42-16-6-3-7-17-42)36-55(45)59(53)43-29-25-39(26-30-43)57-48-21-10-8-19-46(48)56(38-14-4-2-5-15-38)47-20-9-11-22-49(47)57/h2-36H,1H3. The van der Waals surface area contributed by atoms with Gasteiger partial charge in [0.25, 0.3) is 0 Å². The Labute approximate surface area is 342 Å². The summed E-state index contributed by atoms with van der Waals surface area (Å²) in [5.74, 6) is 0. The van der Waals surface area contributed by atoms with Crippen LogP contribution in [0.3, 0.4) is 0 Å². The lowest BCUT2D eigenvalue weighted by Gasteiger charge is -2.18. The van der Waals surface area contributed by atoms with Gasteiger partial charge in [0.1, 0.15) is 0 Å². The summed E-state index contributed by atoms with van der Waals surface area (Å²) in [4.78, 5) is 0. The fourth-order valence-electron chi connectivity index (χ4n) is 9.73. The third kappa shape index (κ3) is 5.20. The van der Waals surface area contributed by atoms with Crippen molar-refractivity contribution in [3.8, 4) is 44.8 Å². The largest absolute Gasteiger partial charge is 0.309 e. The van der Waals surface area contributed by atoms with Gasteiger partial charge in [-0.2, -0.15) is 0 Å². The van der Waals surface area contributed by atoms with Gasteiger partial charge in [-0.25, -0.2) is 0 Å². The molecule has 2 nitrogen and oxygen atoms in total. The quantitative estimate of drug-likeness (QED) is 0.155. The Kier molecular flexibility index (Phi) is 7.48. The van der Waals surface area contributed by atoms with E-state index in [1.165, 1.54) is 110 Å². The van der Waals surface area contributed by atoms with Crippen LogP contribution in [-0.2, 0) is 0 Å². The lowest BCUT2D eigenvalue weighted by molar-refractivity contribution is 1.18. The van der Waals surface area contributed by atoms with E-state index in [4.69, 9.17) is 0 Å². The second kappa shape index (κ2) is 13.2. The van der Waals surface area contributed by atoms with E-state index >= 15 is 0 Å². The number of rotatable bonds is 5. The summed E-state index contributed by atoms with van der Waals surface area (Å²) >= 11 is 0. The first-order valence-electron chi connectivity index (χ1n) is 20.4. The fraction of sp³-hybridized carbons (Fsp3) is 0.0175. The monoisotopic (exact) mass is 750 g/mol. The number of hydrogen-bond donors (Lipinski definition) is 0. The fourth-order valence-corrected chi connectivity index (χ4v) is 9.73. The molecule has 2 heterocycles. The molecule has 0 radical (unpaired) electrons. The number of aromatic nitrogens is 2. The predicted molar refractivity (Wildman–Crippen MR) is 251 cm³/mol. The maximum Gasteiger partial charge on any atom is 0.0547 e. The summed E-state index contributed by atoms with van der Waals surface area (Å²) in [5.41, 5.74) is 15.8. The van der Waals surface area contributed by atoms with Crippen LogP contribution in [0.4, 0.5) is 0 Å². The topological polar surface area (TPSA) is 9.86 Å². The maximum atomic E-state index is 2.45. The van der Waals surface area contributed by atoms with Crippen molar-refractivity contribution in [1.82, 2.24) is 9.13 Å². The normalized spacial score (nSPS) is 11.8. The summed E-state index contributed by atoms with van der Waals surface area (Å²) in [6, 6.07) is 78.1. The molecule has 0 saturated carbocycles. The number of fused-ring (bicyclic) bond motifs is 8. The second-order valence-electron chi connectivity index (χ2n) is 15.8. The smallest absolute Gasteiger partial charge is 0.0547 e. The zero-order valence-electron chi connectivity index (χ0n) is 32.6. The average Bonchev–Trinajstić information content (AvgIpc) is 3.80. The summed E-state index contributed by atoms with van der Waals surface area (Å²) < 4.78 is 4.83. The second-order valence-corrected chi connectivity index (χ2v) is 15.8. The molecule has 276 valence electrons. The van der Waals surface area contributed by atoms with Gasteiger partial charge in [-0.15, -0.1) is 0 Å². The Morgan fingerprint density at radius 1 is 0.254 bits per heavy atom. The highest BCUT2D eigenvalue weighted by Crippen LogP contribution is 2.44. The molecule has 0 aliphatic rings. The summed E-state index contributed by atoms with van der Waals surface area (Å²) in [6.07, 6.45) is 0. The molecular weight excluding hydrogens is 713 g/mol.